The van der Waals surface area contributed by atoms with Gasteiger partial charge in [-0.05, 0) is 13.3 Å². The molecule has 1 unspecified atom stereocenters. The van der Waals surface area contributed by atoms with Crippen molar-refractivity contribution in [3.63, 3.8) is 0 Å². The highest BCUT2D eigenvalue weighted by atomic mass is 15.2. The van der Waals surface area contributed by atoms with Gasteiger partial charge in [0, 0.05) is 23.4 Å². The molecule has 1 atom stereocenters. The van der Waals surface area contributed by atoms with Crippen molar-refractivity contribution in [1.82, 2.24) is 10.2 Å². The molecule has 0 saturated heterocycles. The molecule has 4 heteroatoms. The van der Waals surface area contributed by atoms with E-state index in [-0.39, 0.29) is 6.04 Å². The molecule has 2 aromatic rings. The van der Waals surface area contributed by atoms with Crippen molar-refractivity contribution in [3.8, 4) is 0 Å². The number of fused-ring (bicyclic) bond motifs is 1. The minimum absolute atomic E-state index is 0.164. The molecule has 0 radical (unpaired) electrons. The zero-order valence-corrected chi connectivity index (χ0v) is 11.0. The summed E-state index contributed by atoms with van der Waals surface area (Å²) < 4.78 is 0. The summed E-state index contributed by atoms with van der Waals surface area (Å²) in [7, 11) is 0. The second kappa shape index (κ2) is 5.78. The number of benzene rings is 1. The molecule has 1 aromatic carbocycles. The molecule has 1 aromatic heterocycles. The van der Waals surface area contributed by atoms with Crippen molar-refractivity contribution in [1.29, 1.82) is 0 Å². The molecular formula is C14H20N4. The standard InChI is InChI=1S/C14H20N4/c1-3-6-11(15)9-16-14-13-8-5-4-7-12(13)10(2)17-18-14/h4-5,7-8,11H,3,6,9,15H2,1-2H3,(H,16,18). The lowest BCUT2D eigenvalue weighted by molar-refractivity contribution is 0.626. The Hall–Kier alpha value is -1.68. The zero-order valence-electron chi connectivity index (χ0n) is 11.0. The molecule has 18 heavy (non-hydrogen) atoms. The van der Waals surface area contributed by atoms with Gasteiger partial charge in [0.15, 0.2) is 5.82 Å². The van der Waals surface area contributed by atoms with Gasteiger partial charge in [-0.15, -0.1) is 5.10 Å². The van der Waals surface area contributed by atoms with E-state index in [1.807, 2.05) is 19.1 Å². The molecule has 2 rings (SSSR count). The van der Waals surface area contributed by atoms with Gasteiger partial charge in [-0.2, -0.15) is 5.10 Å². The number of anilines is 1. The van der Waals surface area contributed by atoms with Crippen LogP contribution in [0.25, 0.3) is 10.8 Å². The smallest absolute Gasteiger partial charge is 0.156 e. The van der Waals surface area contributed by atoms with Crippen molar-refractivity contribution < 1.29 is 0 Å². The maximum Gasteiger partial charge on any atom is 0.156 e. The van der Waals surface area contributed by atoms with Gasteiger partial charge < -0.3 is 11.1 Å². The van der Waals surface area contributed by atoms with Crippen molar-refractivity contribution in [3.05, 3.63) is 30.0 Å². The molecule has 96 valence electrons. The summed E-state index contributed by atoms with van der Waals surface area (Å²) in [5.41, 5.74) is 6.95. The Morgan fingerprint density at radius 1 is 1.22 bits per heavy atom. The number of rotatable bonds is 5. The van der Waals surface area contributed by atoms with Gasteiger partial charge in [-0.1, -0.05) is 37.6 Å². The Balaban J connectivity index is 2.21. The van der Waals surface area contributed by atoms with E-state index in [9.17, 15) is 0 Å². The average molecular weight is 244 g/mol. The van der Waals surface area contributed by atoms with Crippen LogP contribution in [0.4, 0.5) is 5.82 Å². The zero-order chi connectivity index (χ0) is 13.0. The number of hydrogen-bond acceptors (Lipinski definition) is 4. The van der Waals surface area contributed by atoms with Crippen LogP contribution in [-0.2, 0) is 0 Å². The van der Waals surface area contributed by atoms with E-state index < -0.39 is 0 Å². The van der Waals surface area contributed by atoms with E-state index in [1.54, 1.807) is 0 Å². The van der Waals surface area contributed by atoms with Gasteiger partial charge in [0.05, 0.1) is 5.69 Å². The minimum Gasteiger partial charge on any atom is -0.367 e. The van der Waals surface area contributed by atoms with Crippen LogP contribution >= 0.6 is 0 Å². The molecule has 0 amide bonds. The summed E-state index contributed by atoms with van der Waals surface area (Å²) >= 11 is 0. The lowest BCUT2D eigenvalue weighted by Gasteiger charge is -2.13. The quantitative estimate of drug-likeness (QED) is 0.848. The third-order valence-corrected chi connectivity index (χ3v) is 3.06. The molecule has 3 N–H and O–H groups in total. The summed E-state index contributed by atoms with van der Waals surface area (Å²) in [6.45, 7) is 4.85. The summed E-state index contributed by atoms with van der Waals surface area (Å²) in [6.07, 6.45) is 2.12. The lowest BCUT2D eigenvalue weighted by Crippen LogP contribution is -2.29. The second-order valence-electron chi connectivity index (χ2n) is 4.61. The van der Waals surface area contributed by atoms with Gasteiger partial charge in [-0.25, -0.2) is 0 Å². The number of hydrogen-bond donors (Lipinski definition) is 2. The topological polar surface area (TPSA) is 63.8 Å². The number of nitrogens with one attached hydrogen (secondary N) is 1. The Bertz CT molecular complexity index is 524. The molecule has 0 aliphatic heterocycles. The molecule has 1 heterocycles. The summed E-state index contributed by atoms with van der Waals surface area (Å²) in [5.74, 6) is 0.822. The minimum atomic E-state index is 0.164. The maximum atomic E-state index is 6.00. The number of nitrogens with zero attached hydrogens (tertiary/aromatic N) is 2. The van der Waals surface area contributed by atoms with Crippen LogP contribution in [0.15, 0.2) is 24.3 Å². The van der Waals surface area contributed by atoms with Crippen molar-refractivity contribution in [2.75, 3.05) is 11.9 Å². The highest BCUT2D eigenvalue weighted by Crippen LogP contribution is 2.22. The van der Waals surface area contributed by atoms with Crippen molar-refractivity contribution in [2.45, 2.75) is 32.7 Å². The Morgan fingerprint density at radius 3 is 2.67 bits per heavy atom. The monoisotopic (exact) mass is 244 g/mol. The number of nitrogens with two attached hydrogens (primary N) is 1. The average Bonchev–Trinajstić information content (AvgIpc) is 2.39. The van der Waals surface area contributed by atoms with Gasteiger partial charge in [0.1, 0.15) is 0 Å². The van der Waals surface area contributed by atoms with Crippen LogP contribution < -0.4 is 11.1 Å². The first-order valence-electron chi connectivity index (χ1n) is 6.44. The third kappa shape index (κ3) is 2.76. The highest BCUT2D eigenvalue weighted by Gasteiger charge is 2.07. The normalized spacial score (nSPS) is 12.6. The molecule has 0 bridgehead atoms. The van der Waals surface area contributed by atoms with Crippen molar-refractivity contribution >= 4 is 16.6 Å². The molecular weight excluding hydrogens is 224 g/mol. The van der Waals surface area contributed by atoms with Crippen LogP contribution in [-0.4, -0.2) is 22.8 Å². The van der Waals surface area contributed by atoms with Crippen LogP contribution in [0.1, 0.15) is 25.5 Å². The highest BCUT2D eigenvalue weighted by molar-refractivity contribution is 5.92. The van der Waals surface area contributed by atoms with Crippen LogP contribution in [0.3, 0.4) is 0 Å². The number of aryl methyl sites for hydroxylation is 1. The SMILES string of the molecule is CCCC(N)CNc1nnc(C)c2ccccc12. The third-order valence-electron chi connectivity index (χ3n) is 3.06. The maximum absolute atomic E-state index is 6.00. The fourth-order valence-corrected chi connectivity index (χ4v) is 2.07. The molecule has 0 spiro atoms. The lowest BCUT2D eigenvalue weighted by atomic mass is 10.1. The van der Waals surface area contributed by atoms with Gasteiger partial charge >= 0.3 is 0 Å². The Morgan fingerprint density at radius 2 is 1.94 bits per heavy atom. The van der Waals surface area contributed by atoms with E-state index in [1.165, 1.54) is 0 Å². The Kier molecular flexibility index (Phi) is 4.10. The van der Waals surface area contributed by atoms with E-state index in [4.69, 9.17) is 5.73 Å². The van der Waals surface area contributed by atoms with Gasteiger partial charge in [0.2, 0.25) is 0 Å². The predicted octanol–water partition coefficient (Wildman–Crippen LogP) is 2.48. The van der Waals surface area contributed by atoms with Crippen LogP contribution in [0, 0.1) is 6.92 Å². The van der Waals surface area contributed by atoms with Crippen molar-refractivity contribution in [2.24, 2.45) is 5.73 Å². The first-order chi connectivity index (χ1) is 8.72. The van der Waals surface area contributed by atoms with Crippen LogP contribution in [0.5, 0.6) is 0 Å². The molecule has 0 aliphatic rings. The largest absolute Gasteiger partial charge is 0.367 e. The first kappa shape index (κ1) is 12.8. The number of aromatic nitrogens is 2. The second-order valence-corrected chi connectivity index (χ2v) is 4.61. The van der Waals surface area contributed by atoms with E-state index in [2.05, 4.69) is 34.6 Å². The molecule has 4 nitrogen and oxygen atoms in total. The summed E-state index contributed by atoms with van der Waals surface area (Å²) in [4.78, 5) is 0. The molecule has 0 aliphatic carbocycles. The van der Waals surface area contributed by atoms with Gasteiger partial charge in [0.25, 0.3) is 0 Å². The Labute approximate surface area is 108 Å². The molecule has 0 saturated carbocycles. The predicted molar refractivity (Wildman–Crippen MR) is 75.6 cm³/mol. The van der Waals surface area contributed by atoms with E-state index >= 15 is 0 Å². The fourth-order valence-electron chi connectivity index (χ4n) is 2.07. The van der Waals surface area contributed by atoms with Crippen LogP contribution in [0.2, 0.25) is 0 Å². The summed E-state index contributed by atoms with van der Waals surface area (Å²) in [6, 6.07) is 8.32. The first-order valence-corrected chi connectivity index (χ1v) is 6.44. The summed E-state index contributed by atoms with van der Waals surface area (Å²) in [5, 5.41) is 13.9. The van der Waals surface area contributed by atoms with E-state index in [0.29, 0.717) is 0 Å². The fraction of sp³-hybridized carbons (Fsp3) is 0.429. The van der Waals surface area contributed by atoms with Gasteiger partial charge in [-0.3, -0.25) is 0 Å². The van der Waals surface area contributed by atoms with E-state index in [0.717, 1.165) is 41.7 Å². The molecule has 0 fully saturated rings.